The number of carbonyl (C=O) groups excluding carboxylic acids is 2. The standard InChI is InChI=1S/C17H23N3O3/c1-23-15-6-5-13(11-14(15)12-3-4-12)16(21)19-7-2-8-20(10-9-19)17(18)22/h5-6,11-12H,2-4,7-10H2,1H3,(H2,18,22). The Bertz CT molecular complexity index is 613. The smallest absolute Gasteiger partial charge is 0.314 e. The second kappa shape index (κ2) is 6.48. The van der Waals surface area contributed by atoms with Crippen LogP contribution < -0.4 is 10.5 Å². The van der Waals surface area contributed by atoms with Crippen molar-refractivity contribution < 1.29 is 14.3 Å². The molecule has 0 aromatic heterocycles. The fourth-order valence-corrected chi connectivity index (χ4v) is 3.10. The molecule has 0 atom stereocenters. The van der Waals surface area contributed by atoms with E-state index in [0.29, 0.717) is 37.7 Å². The van der Waals surface area contributed by atoms with Crippen LogP contribution in [0.5, 0.6) is 5.75 Å². The molecule has 1 saturated carbocycles. The van der Waals surface area contributed by atoms with Crippen LogP contribution in [-0.2, 0) is 0 Å². The fraction of sp³-hybridized carbons (Fsp3) is 0.529. The third kappa shape index (κ3) is 3.41. The van der Waals surface area contributed by atoms with Crippen molar-refractivity contribution in [3.05, 3.63) is 29.3 Å². The summed E-state index contributed by atoms with van der Waals surface area (Å²) in [5.74, 6) is 1.40. The van der Waals surface area contributed by atoms with Crippen LogP contribution in [0.3, 0.4) is 0 Å². The van der Waals surface area contributed by atoms with Crippen molar-refractivity contribution in [1.82, 2.24) is 9.80 Å². The minimum atomic E-state index is -0.417. The van der Waals surface area contributed by atoms with Gasteiger partial charge in [0.25, 0.3) is 5.91 Å². The fourth-order valence-electron chi connectivity index (χ4n) is 3.10. The number of methoxy groups -OCH3 is 1. The predicted octanol–water partition coefficient (Wildman–Crippen LogP) is 1.80. The van der Waals surface area contributed by atoms with Crippen molar-refractivity contribution in [1.29, 1.82) is 0 Å². The SMILES string of the molecule is COc1ccc(C(=O)N2CCCN(C(N)=O)CC2)cc1C1CC1. The third-order valence-electron chi connectivity index (χ3n) is 4.59. The lowest BCUT2D eigenvalue weighted by molar-refractivity contribution is 0.0762. The summed E-state index contributed by atoms with van der Waals surface area (Å²) in [5.41, 5.74) is 7.16. The Morgan fingerprint density at radius 2 is 1.83 bits per heavy atom. The van der Waals surface area contributed by atoms with E-state index in [9.17, 15) is 9.59 Å². The summed E-state index contributed by atoms with van der Waals surface area (Å²) in [4.78, 5) is 27.5. The molecule has 2 N–H and O–H groups in total. The van der Waals surface area contributed by atoms with Crippen LogP contribution >= 0.6 is 0 Å². The number of hydrogen-bond donors (Lipinski definition) is 1. The van der Waals surface area contributed by atoms with Gasteiger partial charge in [-0.3, -0.25) is 4.79 Å². The van der Waals surface area contributed by atoms with Crippen molar-refractivity contribution in [2.75, 3.05) is 33.3 Å². The molecule has 1 saturated heterocycles. The summed E-state index contributed by atoms with van der Waals surface area (Å²) in [6.45, 7) is 2.27. The molecule has 124 valence electrons. The summed E-state index contributed by atoms with van der Waals surface area (Å²) in [5, 5.41) is 0. The van der Waals surface area contributed by atoms with Crippen LogP contribution in [-0.4, -0.2) is 55.0 Å². The van der Waals surface area contributed by atoms with E-state index in [4.69, 9.17) is 10.5 Å². The average Bonchev–Trinajstić information content (AvgIpc) is 3.39. The first-order chi connectivity index (χ1) is 11.1. The van der Waals surface area contributed by atoms with E-state index in [1.54, 1.807) is 16.9 Å². The van der Waals surface area contributed by atoms with Gasteiger partial charge >= 0.3 is 6.03 Å². The first-order valence-electron chi connectivity index (χ1n) is 8.11. The van der Waals surface area contributed by atoms with Crippen molar-refractivity contribution in [2.45, 2.75) is 25.2 Å². The molecular formula is C17H23N3O3. The second-order valence-electron chi connectivity index (χ2n) is 6.20. The van der Waals surface area contributed by atoms with E-state index in [1.807, 2.05) is 18.2 Å². The maximum atomic E-state index is 12.8. The van der Waals surface area contributed by atoms with Crippen LogP contribution in [0, 0.1) is 0 Å². The molecule has 1 aliphatic heterocycles. The molecule has 6 heteroatoms. The lowest BCUT2D eigenvalue weighted by Gasteiger charge is -2.21. The zero-order valence-corrected chi connectivity index (χ0v) is 13.5. The molecule has 0 radical (unpaired) electrons. The minimum Gasteiger partial charge on any atom is -0.496 e. The van der Waals surface area contributed by atoms with Crippen molar-refractivity contribution in [2.24, 2.45) is 5.73 Å². The summed E-state index contributed by atoms with van der Waals surface area (Å²) in [6.07, 6.45) is 3.07. The average molecular weight is 317 g/mol. The lowest BCUT2D eigenvalue weighted by atomic mass is 10.0. The van der Waals surface area contributed by atoms with Gasteiger partial charge in [-0.1, -0.05) is 0 Å². The molecule has 1 heterocycles. The summed E-state index contributed by atoms with van der Waals surface area (Å²) >= 11 is 0. The molecule has 0 bridgehead atoms. The molecule has 0 spiro atoms. The van der Waals surface area contributed by atoms with Gasteiger partial charge in [-0.05, 0) is 48.9 Å². The topological polar surface area (TPSA) is 75.9 Å². The van der Waals surface area contributed by atoms with E-state index >= 15 is 0 Å². The largest absolute Gasteiger partial charge is 0.496 e. The van der Waals surface area contributed by atoms with Crippen LogP contribution in [0.25, 0.3) is 0 Å². The van der Waals surface area contributed by atoms with E-state index in [2.05, 4.69) is 0 Å². The summed E-state index contributed by atoms with van der Waals surface area (Å²) in [6, 6.07) is 5.26. The normalized spacial score (nSPS) is 18.5. The zero-order valence-electron chi connectivity index (χ0n) is 13.5. The molecule has 2 aliphatic rings. The van der Waals surface area contributed by atoms with Crippen molar-refractivity contribution in [3.8, 4) is 5.75 Å². The number of amides is 3. The van der Waals surface area contributed by atoms with Crippen LogP contribution in [0.15, 0.2) is 18.2 Å². The van der Waals surface area contributed by atoms with Crippen LogP contribution in [0.4, 0.5) is 4.79 Å². The van der Waals surface area contributed by atoms with Gasteiger partial charge in [0.2, 0.25) is 0 Å². The molecule has 2 fully saturated rings. The van der Waals surface area contributed by atoms with Gasteiger partial charge < -0.3 is 20.3 Å². The number of carbonyl (C=O) groups is 2. The highest BCUT2D eigenvalue weighted by Crippen LogP contribution is 2.44. The van der Waals surface area contributed by atoms with Gasteiger partial charge in [0, 0.05) is 31.7 Å². The monoisotopic (exact) mass is 317 g/mol. The molecule has 1 aromatic carbocycles. The minimum absolute atomic E-state index is 0.0147. The van der Waals surface area contributed by atoms with Gasteiger partial charge in [0.1, 0.15) is 5.75 Å². The number of ether oxygens (including phenoxy) is 1. The number of nitrogens with zero attached hydrogens (tertiary/aromatic N) is 2. The molecule has 23 heavy (non-hydrogen) atoms. The second-order valence-corrected chi connectivity index (χ2v) is 6.20. The Kier molecular flexibility index (Phi) is 4.41. The maximum Gasteiger partial charge on any atom is 0.314 e. The summed E-state index contributed by atoms with van der Waals surface area (Å²) in [7, 11) is 1.66. The third-order valence-corrected chi connectivity index (χ3v) is 4.59. The molecule has 0 unspecified atom stereocenters. The van der Waals surface area contributed by atoms with E-state index < -0.39 is 6.03 Å². The molecule has 6 nitrogen and oxygen atoms in total. The zero-order chi connectivity index (χ0) is 16.4. The molecule has 3 rings (SSSR count). The van der Waals surface area contributed by atoms with E-state index in [-0.39, 0.29) is 5.91 Å². The van der Waals surface area contributed by atoms with E-state index in [1.165, 1.54) is 0 Å². The number of hydrogen-bond acceptors (Lipinski definition) is 3. The number of benzene rings is 1. The van der Waals surface area contributed by atoms with Gasteiger partial charge in [0.05, 0.1) is 7.11 Å². The Morgan fingerprint density at radius 1 is 1.13 bits per heavy atom. The van der Waals surface area contributed by atoms with Crippen LogP contribution in [0.2, 0.25) is 0 Å². The number of rotatable bonds is 3. The van der Waals surface area contributed by atoms with Crippen molar-refractivity contribution >= 4 is 11.9 Å². The van der Waals surface area contributed by atoms with E-state index in [0.717, 1.165) is 30.6 Å². The van der Waals surface area contributed by atoms with Gasteiger partial charge in [-0.25, -0.2) is 4.79 Å². The molecule has 3 amide bonds. The Balaban J connectivity index is 1.75. The number of nitrogens with two attached hydrogens (primary N) is 1. The number of urea groups is 1. The molecular weight excluding hydrogens is 294 g/mol. The first kappa shape index (κ1) is 15.6. The molecule has 1 aliphatic carbocycles. The Labute approximate surface area is 136 Å². The summed E-state index contributed by atoms with van der Waals surface area (Å²) < 4.78 is 5.40. The Hall–Kier alpha value is -2.24. The van der Waals surface area contributed by atoms with Crippen LogP contribution in [0.1, 0.15) is 41.1 Å². The predicted molar refractivity (Wildman–Crippen MR) is 86.6 cm³/mol. The van der Waals surface area contributed by atoms with Gasteiger partial charge in [-0.15, -0.1) is 0 Å². The number of primary amides is 1. The highest BCUT2D eigenvalue weighted by Gasteiger charge is 2.28. The van der Waals surface area contributed by atoms with Crippen molar-refractivity contribution in [3.63, 3.8) is 0 Å². The van der Waals surface area contributed by atoms with Gasteiger partial charge in [-0.2, -0.15) is 0 Å². The highest BCUT2D eigenvalue weighted by molar-refractivity contribution is 5.94. The lowest BCUT2D eigenvalue weighted by Crippen LogP contribution is -2.39. The maximum absolute atomic E-state index is 12.8. The van der Waals surface area contributed by atoms with Gasteiger partial charge in [0.15, 0.2) is 0 Å². The molecule has 1 aromatic rings. The highest BCUT2D eigenvalue weighted by atomic mass is 16.5. The quantitative estimate of drug-likeness (QED) is 0.923. The first-order valence-corrected chi connectivity index (χ1v) is 8.11. The Morgan fingerprint density at radius 3 is 2.48 bits per heavy atom.